The lowest BCUT2D eigenvalue weighted by Gasteiger charge is -2.34. The van der Waals surface area contributed by atoms with Crippen LogP contribution in [0.2, 0.25) is 10.0 Å². The lowest BCUT2D eigenvalue weighted by molar-refractivity contribution is -0.129. The van der Waals surface area contributed by atoms with Crippen LogP contribution in [0.15, 0.2) is 23.1 Å². The Kier molecular flexibility index (Phi) is 6.01. The molecule has 0 radical (unpaired) electrons. The summed E-state index contributed by atoms with van der Waals surface area (Å²) in [7, 11) is -3.70. The van der Waals surface area contributed by atoms with Crippen molar-refractivity contribution in [2.45, 2.75) is 4.90 Å². The minimum absolute atomic E-state index is 0.00515. The highest BCUT2D eigenvalue weighted by Gasteiger charge is 2.31. The average Bonchev–Trinajstić information content (AvgIpc) is 2.50. The van der Waals surface area contributed by atoms with E-state index < -0.39 is 10.0 Å². The first-order chi connectivity index (χ1) is 10.4. The number of amides is 1. The molecule has 0 atom stereocenters. The summed E-state index contributed by atoms with van der Waals surface area (Å²) in [6.45, 7) is 1.28. The van der Waals surface area contributed by atoms with Crippen LogP contribution in [0.1, 0.15) is 0 Å². The number of carbonyl (C=O) groups excluding carboxylic acids is 1. The number of rotatable bonds is 4. The van der Waals surface area contributed by atoms with E-state index in [0.717, 1.165) is 0 Å². The van der Waals surface area contributed by atoms with Crippen LogP contribution in [0.5, 0.6) is 0 Å². The monoisotopic (exact) mass is 382 g/mol. The van der Waals surface area contributed by atoms with Gasteiger partial charge in [0.25, 0.3) is 0 Å². The van der Waals surface area contributed by atoms with E-state index in [4.69, 9.17) is 23.2 Å². The Morgan fingerprint density at radius 1 is 1.23 bits per heavy atom. The standard InChI is InChI=1S/C13H16Cl2N2O3S2/c1-21-9-13(18)16-4-6-17(7-5-16)22(19,20)12-8-10(14)2-3-11(12)15/h2-3,8H,4-7,9H2,1H3. The number of hydrogen-bond acceptors (Lipinski definition) is 4. The van der Waals surface area contributed by atoms with Crippen molar-refractivity contribution in [3.63, 3.8) is 0 Å². The summed E-state index contributed by atoms with van der Waals surface area (Å²) >= 11 is 13.3. The van der Waals surface area contributed by atoms with Gasteiger partial charge in [-0.15, -0.1) is 0 Å². The van der Waals surface area contributed by atoms with E-state index in [2.05, 4.69) is 0 Å². The van der Waals surface area contributed by atoms with Crippen LogP contribution >= 0.6 is 35.0 Å². The fourth-order valence-electron chi connectivity index (χ4n) is 2.21. The molecule has 9 heteroatoms. The third kappa shape index (κ3) is 3.89. The summed E-state index contributed by atoms with van der Waals surface area (Å²) in [6.07, 6.45) is 1.86. The maximum atomic E-state index is 12.6. The van der Waals surface area contributed by atoms with Crippen molar-refractivity contribution in [2.75, 3.05) is 38.2 Å². The number of halogens is 2. The summed E-state index contributed by atoms with van der Waals surface area (Å²) < 4.78 is 26.6. The molecule has 0 unspecified atom stereocenters. The zero-order valence-corrected chi connectivity index (χ0v) is 15.1. The zero-order chi connectivity index (χ0) is 16.3. The summed E-state index contributed by atoms with van der Waals surface area (Å²) in [5, 5.41) is 0.460. The highest BCUT2D eigenvalue weighted by molar-refractivity contribution is 7.99. The smallest absolute Gasteiger partial charge is 0.244 e. The third-order valence-corrected chi connectivity index (χ3v) is 6.52. The maximum absolute atomic E-state index is 12.6. The predicted octanol–water partition coefficient (Wildman–Crippen LogP) is 2.19. The lowest BCUT2D eigenvalue weighted by Crippen LogP contribution is -2.51. The second-order valence-electron chi connectivity index (χ2n) is 4.79. The Bertz CT molecular complexity index is 659. The van der Waals surface area contributed by atoms with E-state index in [9.17, 15) is 13.2 Å². The third-order valence-electron chi connectivity index (χ3n) is 3.37. The van der Waals surface area contributed by atoms with Crippen LogP contribution in [0.3, 0.4) is 0 Å². The first kappa shape index (κ1) is 17.9. The average molecular weight is 383 g/mol. The predicted molar refractivity (Wildman–Crippen MR) is 90.2 cm³/mol. The zero-order valence-electron chi connectivity index (χ0n) is 12.0. The Balaban J connectivity index is 2.13. The van der Waals surface area contributed by atoms with Gasteiger partial charge in [0.15, 0.2) is 0 Å². The van der Waals surface area contributed by atoms with Crippen LogP contribution < -0.4 is 0 Å². The summed E-state index contributed by atoms with van der Waals surface area (Å²) in [5.41, 5.74) is 0. The fourth-order valence-corrected chi connectivity index (χ4v) is 4.80. The van der Waals surface area contributed by atoms with Crippen molar-refractivity contribution in [2.24, 2.45) is 0 Å². The van der Waals surface area contributed by atoms with Gasteiger partial charge in [0, 0.05) is 31.2 Å². The molecule has 1 amide bonds. The van der Waals surface area contributed by atoms with E-state index in [1.165, 1.54) is 28.2 Å². The molecule has 22 heavy (non-hydrogen) atoms. The maximum Gasteiger partial charge on any atom is 0.244 e. The molecule has 122 valence electrons. The molecular weight excluding hydrogens is 367 g/mol. The van der Waals surface area contributed by atoms with Crippen LogP contribution in [0.25, 0.3) is 0 Å². The number of benzene rings is 1. The van der Waals surface area contributed by atoms with Crippen molar-refractivity contribution in [1.29, 1.82) is 0 Å². The van der Waals surface area contributed by atoms with Gasteiger partial charge in [-0.3, -0.25) is 4.79 Å². The van der Waals surface area contributed by atoms with E-state index in [0.29, 0.717) is 23.9 Å². The lowest BCUT2D eigenvalue weighted by atomic mass is 10.3. The number of thioether (sulfide) groups is 1. The summed E-state index contributed by atoms with van der Waals surface area (Å²) in [6, 6.07) is 4.36. The first-order valence-corrected chi connectivity index (χ1v) is 10.2. The number of sulfonamides is 1. The molecule has 0 bridgehead atoms. The second kappa shape index (κ2) is 7.40. The molecule has 1 aromatic rings. The quantitative estimate of drug-likeness (QED) is 0.800. The van der Waals surface area contributed by atoms with Gasteiger partial charge in [0.1, 0.15) is 4.90 Å². The van der Waals surface area contributed by atoms with Crippen molar-refractivity contribution in [3.8, 4) is 0 Å². The van der Waals surface area contributed by atoms with E-state index >= 15 is 0 Å². The Morgan fingerprint density at radius 3 is 2.45 bits per heavy atom. The molecule has 0 saturated carbocycles. The Labute approximate surface area is 144 Å². The van der Waals surface area contributed by atoms with Gasteiger partial charge in [-0.05, 0) is 24.5 Å². The molecule has 1 aromatic carbocycles. The molecule has 0 N–H and O–H groups in total. The van der Waals surface area contributed by atoms with E-state index in [1.54, 1.807) is 11.0 Å². The molecule has 0 spiro atoms. The van der Waals surface area contributed by atoms with Crippen molar-refractivity contribution in [3.05, 3.63) is 28.2 Å². The Morgan fingerprint density at radius 2 is 1.86 bits per heavy atom. The van der Waals surface area contributed by atoms with Gasteiger partial charge >= 0.3 is 0 Å². The van der Waals surface area contributed by atoms with Gasteiger partial charge in [-0.2, -0.15) is 16.1 Å². The molecule has 2 rings (SSSR count). The molecule has 1 aliphatic rings. The van der Waals surface area contributed by atoms with Crippen molar-refractivity contribution >= 4 is 50.9 Å². The van der Waals surface area contributed by atoms with Crippen LogP contribution in [-0.4, -0.2) is 61.7 Å². The highest BCUT2D eigenvalue weighted by Crippen LogP contribution is 2.28. The molecule has 5 nitrogen and oxygen atoms in total. The van der Waals surface area contributed by atoms with Crippen molar-refractivity contribution in [1.82, 2.24) is 9.21 Å². The van der Waals surface area contributed by atoms with Crippen molar-refractivity contribution < 1.29 is 13.2 Å². The second-order valence-corrected chi connectivity index (χ2v) is 8.41. The van der Waals surface area contributed by atoms with Crippen LogP contribution in [0, 0.1) is 0 Å². The highest BCUT2D eigenvalue weighted by atomic mass is 35.5. The molecule has 1 saturated heterocycles. The number of carbonyl (C=O) groups is 1. The minimum Gasteiger partial charge on any atom is -0.339 e. The molecule has 1 aliphatic heterocycles. The first-order valence-electron chi connectivity index (χ1n) is 6.58. The SMILES string of the molecule is CSCC(=O)N1CCN(S(=O)(=O)c2cc(Cl)ccc2Cl)CC1. The topological polar surface area (TPSA) is 57.7 Å². The van der Waals surface area contributed by atoms with E-state index in [-0.39, 0.29) is 28.9 Å². The minimum atomic E-state index is -3.70. The summed E-state index contributed by atoms with van der Waals surface area (Å²) in [4.78, 5) is 13.5. The van der Waals surface area contributed by atoms with Gasteiger partial charge in [-0.25, -0.2) is 8.42 Å². The number of hydrogen-bond donors (Lipinski definition) is 0. The fraction of sp³-hybridized carbons (Fsp3) is 0.462. The van der Waals surface area contributed by atoms with Gasteiger partial charge < -0.3 is 4.90 Å². The summed E-state index contributed by atoms with van der Waals surface area (Å²) in [5.74, 6) is 0.442. The Hall–Kier alpha value is -0.470. The normalized spacial score (nSPS) is 16.8. The largest absolute Gasteiger partial charge is 0.339 e. The van der Waals surface area contributed by atoms with Crippen LogP contribution in [0.4, 0.5) is 0 Å². The molecular formula is C13H16Cl2N2O3S2. The number of piperazine rings is 1. The van der Waals surface area contributed by atoms with E-state index in [1.807, 2.05) is 6.26 Å². The van der Waals surface area contributed by atoms with Gasteiger partial charge in [-0.1, -0.05) is 23.2 Å². The number of nitrogens with zero attached hydrogens (tertiary/aromatic N) is 2. The molecule has 0 aliphatic carbocycles. The molecule has 1 heterocycles. The molecule has 1 fully saturated rings. The molecule has 0 aromatic heterocycles. The van der Waals surface area contributed by atoms with Crippen LogP contribution in [-0.2, 0) is 14.8 Å². The van der Waals surface area contributed by atoms with Gasteiger partial charge in [0.2, 0.25) is 15.9 Å². The van der Waals surface area contributed by atoms with Gasteiger partial charge in [0.05, 0.1) is 10.8 Å².